The van der Waals surface area contributed by atoms with E-state index in [4.69, 9.17) is 0 Å². The van der Waals surface area contributed by atoms with Gasteiger partial charge in [0.15, 0.2) is 6.17 Å². The molecule has 2 heterocycles. The van der Waals surface area contributed by atoms with Crippen LogP contribution in [0.25, 0.3) is 0 Å². The fourth-order valence-electron chi connectivity index (χ4n) is 4.94. The molecule has 1 aromatic carbocycles. The lowest BCUT2D eigenvalue weighted by molar-refractivity contribution is -0.151. The first-order valence-corrected chi connectivity index (χ1v) is 10.7. The summed E-state index contributed by atoms with van der Waals surface area (Å²) in [5, 5.41) is 7.46. The van der Waals surface area contributed by atoms with Gasteiger partial charge in [0.25, 0.3) is 5.91 Å². The Labute approximate surface area is 172 Å². The minimum Gasteiger partial charge on any atom is -0.325 e. The van der Waals surface area contributed by atoms with E-state index >= 15 is 0 Å². The van der Waals surface area contributed by atoms with Gasteiger partial charge in [0.05, 0.1) is 12.1 Å². The molecular formula is C22H31N5O2. The van der Waals surface area contributed by atoms with Crippen LogP contribution >= 0.6 is 0 Å². The quantitative estimate of drug-likeness (QED) is 0.819. The molecule has 3 unspecified atom stereocenters. The summed E-state index contributed by atoms with van der Waals surface area (Å²) in [4.78, 5) is 30.1. The molecule has 7 heteroatoms. The van der Waals surface area contributed by atoms with E-state index in [0.29, 0.717) is 0 Å². The number of piperazine rings is 1. The molecule has 0 bridgehead atoms. The van der Waals surface area contributed by atoms with Crippen LogP contribution in [0.15, 0.2) is 23.3 Å². The van der Waals surface area contributed by atoms with Crippen molar-refractivity contribution in [2.45, 2.75) is 71.6 Å². The second-order valence-corrected chi connectivity index (χ2v) is 8.82. The average Bonchev–Trinajstić information content (AvgIpc) is 3.13. The Morgan fingerprint density at radius 1 is 1.24 bits per heavy atom. The van der Waals surface area contributed by atoms with Crippen LogP contribution in [0.2, 0.25) is 0 Å². The Bertz CT molecular complexity index is 850. The zero-order valence-electron chi connectivity index (χ0n) is 17.7. The van der Waals surface area contributed by atoms with Gasteiger partial charge >= 0.3 is 0 Å². The normalized spacial score (nSPS) is 26.0. The third kappa shape index (κ3) is 3.58. The predicted octanol–water partition coefficient (Wildman–Crippen LogP) is 2.60. The molecule has 1 saturated heterocycles. The number of carbonyl (C=O) groups excluding carboxylic acids is 2. The summed E-state index contributed by atoms with van der Waals surface area (Å²) in [7, 11) is 0. The monoisotopic (exact) mass is 397 g/mol. The van der Waals surface area contributed by atoms with Crippen LogP contribution < -0.4 is 10.7 Å². The van der Waals surface area contributed by atoms with Gasteiger partial charge in [-0.25, -0.2) is 0 Å². The minimum absolute atomic E-state index is 0.0525. The van der Waals surface area contributed by atoms with E-state index in [0.717, 1.165) is 48.3 Å². The number of benzene rings is 1. The summed E-state index contributed by atoms with van der Waals surface area (Å²) in [6.07, 6.45) is 3.70. The Morgan fingerprint density at radius 2 is 1.97 bits per heavy atom. The third-order valence-electron chi connectivity index (χ3n) is 6.30. The highest BCUT2D eigenvalue weighted by Gasteiger charge is 2.51. The molecule has 1 aliphatic carbocycles. The Balaban J connectivity index is 1.53. The van der Waals surface area contributed by atoms with Crippen LogP contribution in [0.4, 0.5) is 5.69 Å². The van der Waals surface area contributed by atoms with Gasteiger partial charge in [0.1, 0.15) is 12.4 Å². The number of aryl methyl sites for hydroxylation is 2. The molecule has 4 rings (SSSR count). The van der Waals surface area contributed by atoms with Crippen molar-refractivity contribution in [3.63, 3.8) is 0 Å². The molecule has 7 nitrogen and oxygen atoms in total. The highest BCUT2D eigenvalue weighted by Crippen LogP contribution is 2.35. The molecule has 3 aliphatic rings. The van der Waals surface area contributed by atoms with Crippen LogP contribution in [-0.2, 0) is 9.59 Å². The van der Waals surface area contributed by atoms with Crippen molar-refractivity contribution < 1.29 is 9.59 Å². The second-order valence-electron chi connectivity index (χ2n) is 8.82. The number of hydrogen-bond donors (Lipinski definition) is 2. The number of anilines is 1. The predicted molar refractivity (Wildman–Crippen MR) is 113 cm³/mol. The van der Waals surface area contributed by atoms with Crippen molar-refractivity contribution in [2.75, 3.05) is 11.9 Å². The van der Waals surface area contributed by atoms with Crippen molar-refractivity contribution in [3.8, 4) is 0 Å². The summed E-state index contributed by atoms with van der Waals surface area (Å²) < 4.78 is 0. The number of hydrazone groups is 1. The Hall–Kier alpha value is -2.57. The molecule has 0 aromatic heterocycles. The van der Waals surface area contributed by atoms with Gasteiger partial charge in [-0.2, -0.15) is 5.10 Å². The van der Waals surface area contributed by atoms with Gasteiger partial charge in [-0.15, -0.1) is 0 Å². The lowest BCUT2D eigenvalue weighted by atomic mass is 9.85. The maximum absolute atomic E-state index is 13.3. The molecule has 2 N–H and O–H groups in total. The highest BCUT2D eigenvalue weighted by molar-refractivity contribution is 5.98. The van der Waals surface area contributed by atoms with E-state index in [1.807, 2.05) is 32.0 Å². The number of amidine groups is 1. The SMILES string of the molecule is Cc1ccc(NC(=O)CN2C(=O)C3NN=C(C(C)C)N3C3CCCCC32)c(C)c1. The van der Waals surface area contributed by atoms with Crippen molar-refractivity contribution in [1.29, 1.82) is 0 Å². The molecule has 0 spiro atoms. The van der Waals surface area contributed by atoms with Crippen LogP contribution in [0, 0.1) is 19.8 Å². The van der Waals surface area contributed by atoms with Crippen LogP contribution in [-0.4, -0.2) is 52.2 Å². The molecule has 2 fully saturated rings. The van der Waals surface area contributed by atoms with E-state index in [1.54, 1.807) is 4.90 Å². The number of hydrogen-bond acceptors (Lipinski definition) is 5. The smallest absolute Gasteiger partial charge is 0.268 e. The number of fused-ring (bicyclic) bond motifs is 3. The van der Waals surface area contributed by atoms with E-state index in [2.05, 4.69) is 34.6 Å². The maximum atomic E-state index is 13.3. The molecule has 2 aliphatic heterocycles. The molecule has 29 heavy (non-hydrogen) atoms. The summed E-state index contributed by atoms with van der Waals surface area (Å²) in [5.74, 6) is 1.01. The summed E-state index contributed by atoms with van der Waals surface area (Å²) in [6.45, 7) is 8.30. The lowest BCUT2D eigenvalue weighted by Gasteiger charge is -2.51. The number of amides is 2. The molecule has 1 saturated carbocycles. The fraction of sp³-hybridized carbons (Fsp3) is 0.591. The molecule has 2 amide bonds. The summed E-state index contributed by atoms with van der Waals surface area (Å²) in [6, 6.07) is 6.23. The molecule has 1 aromatic rings. The standard InChI is InChI=1S/C22H31N5O2/c1-13(2)20-24-25-21-22(29)26(17-7-5-6-8-18(17)27(20)21)12-19(28)23-16-10-9-14(3)11-15(16)4/h9-11,13,17-18,21,25H,5-8,12H2,1-4H3,(H,23,28). The molecule has 156 valence electrons. The zero-order valence-corrected chi connectivity index (χ0v) is 17.7. The average molecular weight is 398 g/mol. The first kappa shape index (κ1) is 19.7. The number of nitrogens with one attached hydrogen (secondary N) is 2. The van der Waals surface area contributed by atoms with E-state index in [9.17, 15) is 9.59 Å². The number of carbonyl (C=O) groups is 2. The van der Waals surface area contributed by atoms with Gasteiger partial charge in [-0.3, -0.25) is 15.0 Å². The molecular weight excluding hydrogens is 366 g/mol. The zero-order chi connectivity index (χ0) is 20.7. The van der Waals surface area contributed by atoms with E-state index < -0.39 is 6.17 Å². The van der Waals surface area contributed by atoms with Gasteiger partial charge < -0.3 is 15.1 Å². The second kappa shape index (κ2) is 7.69. The topological polar surface area (TPSA) is 77.0 Å². The van der Waals surface area contributed by atoms with Crippen LogP contribution in [0.1, 0.15) is 50.7 Å². The molecule has 0 radical (unpaired) electrons. The minimum atomic E-state index is -0.485. The first-order chi connectivity index (χ1) is 13.9. The van der Waals surface area contributed by atoms with Gasteiger partial charge in [0, 0.05) is 11.6 Å². The van der Waals surface area contributed by atoms with E-state index in [-0.39, 0.29) is 36.4 Å². The Morgan fingerprint density at radius 3 is 2.66 bits per heavy atom. The van der Waals surface area contributed by atoms with Crippen molar-refractivity contribution >= 4 is 23.3 Å². The van der Waals surface area contributed by atoms with Crippen LogP contribution in [0.3, 0.4) is 0 Å². The largest absolute Gasteiger partial charge is 0.325 e. The van der Waals surface area contributed by atoms with Crippen molar-refractivity contribution in [2.24, 2.45) is 11.0 Å². The first-order valence-electron chi connectivity index (χ1n) is 10.7. The highest BCUT2D eigenvalue weighted by atomic mass is 16.2. The van der Waals surface area contributed by atoms with Crippen molar-refractivity contribution in [1.82, 2.24) is 15.2 Å². The summed E-state index contributed by atoms with van der Waals surface area (Å²) >= 11 is 0. The van der Waals surface area contributed by atoms with Crippen LogP contribution in [0.5, 0.6) is 0 Å². The molecule has 3 atom stereocenters. The van der Waals surface area contributed by atoms with Crippen molar-refractivity contribution in [3.05, 3.63) is 29.3 Å². The fourth-order valence-corrected chi connectivity index (χ4v) is 4.94. The third-order valence-corrected chi connectivity index (χ3v) is 6.30. The maximum Gasteiger partial charge on any atom is 0.268 e. The van der Waals surface area contributed by atoms with Gasteiger partial charge in [0.2, 0.25) is 5.91 Å². The Kier molecular flexibility index (Phi) is 5.23. The summed E-state index contributed by atoms with van der Waals surface area (Å²) in [5.41, 5.74) is 6.02. The van der Waals surface area contributed by atoms with E-state index in [1.165, 1.54) is 0 Å². The number of rotatable bonds is 4. The lowest BCUT2D eigenvalue weighted by Crippen LogP contribution is -2.70. The van der Waals surface area contributed by atoms with Gasteiger partial charge in [-0.1, -0.05) is 44.4 Å². The van der Waals surface area contributed by atoms with Gasteiger partial charge in [-0.05, 0) is 38.3 Å². The number of nitrogens with zero attached hydrogens (tertiary/aromatic N) is 3.